The fraction of sp³-hybridized carbons (Fsp3) is 0.348. The molecular weight excluding hydrogens is 376 g/mol. The zero-order valence-corrected chi connectivity index (χ0v) is 18.3. The highest BCUT2D eigenvalue weighted by molar-refractivity contribution is 5.80. The van der Waals surface area contributed by atoms with Gasteiger partial charge in [-0.15, -0.1) is 10.2 Å². The molecule has 7 nitrogen and oxygen atoms in total. The van der Waals surface area contributed by atoms with E-state index in [1.54, 1.807) is 7.11 Å². The van der Waals surface area contributed by atoms with E-state index in [4.69, 9.17) is 9.73 Å². The van der Waals surface area contributed by atoms with Crippen LogP contribution in [0.5, 0.6) is 5.75 Å². The number of benzene rings is 2. The molecule has 0 saturated heterocycles. The van der Waals surface area contributed by atoms with E-state index in [0.717, 1.165) is 28.5 Å². The van der Waals surface area contributed by atoms with Crippen molar-refractivity contribution in [1.82, 2.24) is 25.4 Å². The lowest BCUT2D eigenvalue weighted by Crippen LogP contribution is -2.39. The summed E-state index contributed by atoms with van der Waals surface area (Å²) in [5, 5.41) is 15.2. The average molecular weight is 407 g/mol. The Morgan fingerprint density at radius 2 is 1.90 bits per heavy atom. The minimum absolute atomic E-state index is 0.103. The summed E-state index contributed by atoms with van der Waals surface area (Å²) in [5.74, 6) is 3.29. The Kier molecular flexibility index (Phi) is 7.06. The van der Waals surface area contributed by atoms with E-state index in [0.29, 0.717) is 19.0 Å². The number of guanidine groups is 1. The second-order valence-electron chi connectivity index (χ2n) is 7.38. The number of hydrogen-bond acceptors (Lipinski definition) is 4. The van der Waals surface area contributed by atoms with Gasteiger partial charge in [-0.1, -0.05) is 36.4 Å². The number of nitrogens with one attached hydrogen (secondary N) is 2. The number of ether oxygens (including phenoxy) is 1. The molecule has 2 N–H and O–H groups in total. The zero-order chi connectivity index (χ0) is 21.5. The number of aromatic nitrogens is 3. The topological polar surface area (TPSA) is 76.4 Å². The van der Waals surface area contributed by atoms with Crippen LogP contribution in [-0.2, 0) is 20.1 Å². The first-order valence-electron chi connectivity index (χ1n) is 10.1. The summed E-state index contributed by atoms with van der Waals surface area (Å²) < 4.78 is 7.36. The van der Waals surface area contributed by atoms with E-state index in [1.165, 1.54) is 5.56 Å². The van der Waals surface area contributed by atoms with E-state index in [9.17, 15) is 0 Å². The molecule has 0 amide bonds. The molecule has 0 aliphatic rings. The quantitative estimate of drug-likeness (QED) is 0.464. The molecule has 0 fully saturated rings. The first-order valence-corrected chi connectivity index (χ1v) is 10.1. The third kappa shape index (κ3) is 5.59. The molecule has 1 atom stereocenters. The van der Waals surface area contributed by atoms with Gasteiger partial charge in [0.05, 0.1) is 26.2 Å². The second-order valence-corrected chi connectivity index (χ2v) is 7.38. The van der Waals surface area contributed by atoms with Crippen LogP contribution in [0.3, 0.4) is 0 Å². The van der Waals surface area contributed by atoms with Crippen molar-refractivity contribution in [1.29, 1.82) is 0 Å². The van der Waals surface area contributed by atoms with Gasteiger partial charge in [-0.2, -0.15) is 0 Å². The number of hydrogen-bond donors (Lipinski definition) is 2. The van der Waals surface area contributed by atoms with Gasteiger partial charge in [0.15, 0.2) is 11.8 Å². The van der Waals surface area contributed by atoms with Crippen LogP contribution < -0.4 is 15.4 Å². The molecule has 158 valence electrons. The summed E-state index contributed by atoms with van der Waals surface area (Å²) in [5.41, 5.74) is 3.43. The Balaban J connectivity index is 1.77. The third-order valence-corrected chi connectivity index (χ3v) is 5.02. The second kappa shape index (κ2) is 9.91. The SMILES string of the molecule is COc1cc(C)cc(CN=C(NCc2nnc(C)n2C)NC(C)c2ccccc2)c1. The first-order chi connectivity index (χ1) is 14.5. The highest BCUT2D eigenvalue weighted by atomic mass is 16.5. The van der Waals surface area contributed by atoms with Crippen molar-refractivity contribution in [2.24, 2.45) is 12.0 Å². The van der Waals surface area contributed by atoms with Crippen LogP contribution in [0.25, 0.3) is 0 Å². The third-order valence-electron chi connectivity index (χ3n) is 5.02. The van der Waals surface area contributed by atoms with Gasteiger partial charge in [-0.05, 0) is 49.6 Å². The van der Waals surface area contributed by atoms with Crippen molar-refractivity contribution in [3.63, 3.8) is 0 Å². The summed E-state index contributed by atoms with van der Waals surface area (Å²) in [6.07, 6.45) is 0. The fourth-order valence-electron chi connectivity index (χ4n) is 3.15. The number of aliphatic imine (C=N–C) groups is 1. The van der Waals surface area contributed by atoms with Crippen molar-refractivity contribution in [3.8, 4) is 5.75 Å². The molecule has 2 aromatic carbocycles. The predicted molar refractivity (Wildman–Crippen MR) is 119 cm³/mol. The number of rotatable bonds is 7. The number of methoxy groups -OCH3 is 1. The summed E-state index contributed by atoms with van der Waals surface area (Å²) in [7, 11) is 3.64. The van der Waals surface area contributed by atoms with Crippen molar-refractivity contribution in [2.45, 2.75) is 39.9 Å². The number of nitrogens with zero attached hydrogens (tertiary/aromatic N) is 4. The fourth-order valence-corrected chi connectivity index (χ4v) is 3.15. The Bertz CT molecular complexity index is 996. The van der Waals surface area contributed by atoms with Gasteiger partial charge in [0.1, 0.15) is 11.6 Å². The Hall–Kier alpha value is -3.35. The molecule has 30 heavy (non-hydrogen) atoms. The lowest BCUT2D eigenvalue weighted by molar-refractivity contribution is 0.414. The molecule has 1 aromatic heterocycles. The van der Waals surface area contributed by atoms with Crippen LogP contribution >= 0.6 is 0 Å². The Labute approximate surface area is 178 Å². The Morgan fingerprint density at radius 1 is 1.13 bits per heavy atom. The molecule has 3 rings (SSSR count). The van der Waals surface area contributed by atoms with E-state index in [-0.39, 0.29) is 6.04 Å². The zero-order valence-electron chi connectivity index (χ0n) is 18.3. The molecule has 1 unspecified atom stereocenters. The monoisotopic (exact) mass is 406 g/mol. The van der Waals surface area contributed by atoms with Crippen LogP contribution in [-0.4, -0.2) is 27.8 Å². The first kappa shape index (κ1) is 21.4. The van der Waals surface area contributed by atoms with Crippen molar-refractivity contribution >= 4 is 5.96 Å². The van der Waals surface area contributed by atoms with E-state index in [2.05, 4.69) is 52.9 Å². The van der Waals surface area contributed by atoms with Crippen molar-refractivity contribution in [3.05, 3.63) is 76.9 Å². The molecule has 0 spiro atoms. The minimum Gasteiger partial charge on any atom is -0.497 e. The molecule has 0 saturated carbocycles. The molecule has 0 aliphatic heterocycles. The van der Waals surface area contributed by atoms with Gasteiger partial charge in [-0.3, -0.25) is 0 Å². The molecule has 0 bridgehead atoms. The van der Waals surface area contributed by atoms with Gasteiger partial charge in [0, 0.05) is 7.05 Å². The molecule has 1 heterocycles. The largest absolute Gasteiger partial charge is 0.497 e. The normalized spacial score (nSPS) is 12.5. The van der Waals surface area contributed by atoms with Crippen LogP contribution in [0.2, 0.25) is 0 Å². The molecule has 3 aromatic rings. The van der Waals surface area contributed by atoms with Crippen molar-refractivity contribution < 1.29 is 4.74 Å². The van der Waals surface area contributed by atoms with Gasteiger partial charge in [-0.25, -0.2) is 4.99 Å². The number of aryl methyl sites for hydroxylation is 2. The van der Waals surface area contributed by atoms with E-state index < -0.39 is 0 Å². The molecular formula is C23H30N6O. The lowest BCUT2D eigenvalue weighted by Gasteiger charge is -2.19. The Morgan fingerprint density at radius 3 is 2.57 bits per heavy atom. The van der Waals surface area contributed by atoms with Crippen LogP contribution in [0.15, 0.2) is 53.5 Å². The maximum absolute atomic E-state index is 5.39. The predicted octanol–water partition coefficient (Wildman–Crippen LogP) is 3.44. The summed E-state index contributed by atoms with van der Waals surface area (Å²) in [6, 6.07) is 16.6. The maximum atomic E-state index is 5.39. The molecule has 0 aliphatic carbocycles. The highest BCUT2D eigenvalue weighted by Gasteiger charge is 2.10. The van der Waals surface area contributed by atoms with Crippen molar-refractivity contribution in [2.75, 3.05) is 7.11 Å². The van der Waals surface area contributed by atoms with Crippen LogP contribution in [0.1, 0.15) is 41.3 Å². The maximum Gasteiger partial charge on any atom is 0.192 e. The summed E-state index contributed by atoms with van der Waals surface area (Å²) >= 11 is 0. The molecule has 0 radical (unpaired) electrons. The smallest absolute Gasteiger partial charge is 0.192 e. The van der Waals surface area contributed by atoms with Crippen LogP contribution in [0, 0.1) is 13.8 Å². The highest BCUT2D eigenvalue weighted by Crippen LogP contribution is 2.17. The van der Waals surface area contributed by atoms with Gasteiger partial charge in [0.25, 0.3) is 0 Å². The van der Waals surface area contributed by atoms with E-state index >= 15 is 0 Å². The average Bonchev–Trinajstić information content (AvgIpc) is 3.07. The molecule has 7 heteroatoms. The van der Waals surface area contributed by atoms with Gasteiger partial charge in [0.2, 0.25) is 0 Å². The van der Waals surface area contributed by atoms with Crippen LogP contribution in [0.4, 0.5) is 0 Å². The minimum atomic E-state index is 0.103. The van der Waals surface area contributed by atoms with Gasteiger partial charge < -0.3 is 19.9 Å². The summed E-state index contributed by atoms with van der Waals surface area (Å²) in [6.45, 7) is 7.18. The van der Waals surface area contributed by atoms with Gasteiger partial charge >= 0.3 is 0 Å². The standard InChI is InChI=1S/C23H30N6O/c1-16-11-19(13-21(12-16)30-5)14-24-23(25-15-22-28-27-18(3)29(22)4)26-17(2)20-9-7-6-8-10-20/h6-13,17H,14-15H2,1-5H3,(H2,24,25,26). The summed E-state index contributed by atoms with van der Waals surface area (Å²) in [4.78, 5) is 4.81. The van der Waals surface area contributed by atoms with E-state index in [1.807, 2.05) is 48.9 Å². The lowest BCUT2D eigenvalue weighted by atomic mass is 10.1.